The number of carbonyl (C=O) groups excluding carboxylic acids is 2. The lowest BCUT2D eigenvalue weighted by atomic mass is 10.1. The molecule has 2 saturated heterocycles. The van der Waals surface area contributed by atoms with Crippen molar-refractivity contribution in [3.63, 3.8) is 0 Å². The first-order valence-electron chi connectivity index (χ1n) is 13.7. The number of aromatic nitrogens is 5. The Morgan fingerprint density at radius 2 is 1.84 bits per heavy atom. The normalized spacial score (nSPS) is 19.0. The van der Waals surface area contributed by atoms with Crippen molar-refractivity contribution >= 4 is 17.6 Å². The third-order valence-electron chi connectivity index (χ3n) is 7.49. The van der Waals surface area contributed by atoms with Crippen molar-refractivity contribution in [2.45, 2.75) is 25.3 Å². The molecule has 44 heavy (non-hydrogen) atoms. The number of aliphatic hydroxyl groups is 1. The zero-order valence-corrected chi connectivity index (χ0v) is 23.7. The van der Waals surface area contributed by atoms with Crippen molar-refractivity contribution in [3.8, 4) is 22.9 Å². The Balaban J connectivity index is 1.13. The summed E-state index contributed by atoms with van der Waals surface area (Å²) in [7, 11) is 1.41. The van der Waals surface area contributed by atoms with Crippen LogP contribution in [0.2, 0.25) is 0 Å². The second-order valence-electron chi connectivity index (χ2n) is 10.5. The quantitative estimate of drug-likeness (QED) is 0.359. The average Bonchev–Trinajstić information content (AvgIpc) is 3.71. The lowest BCUT2D eigenvalue weighted by molar-refractivity contribution is -0.141. The predicted molar refractivity (Wildman–Crippen MR) is 146 cm³/mol. The van der Waals surface area contributed by atoms with E-state index in [1.165, 1.54) is 41.1 Å². The summed E-state index contributed by atoms with van der Waals surface area (Å²) >= 11 is 0. The van der Waals surface area contributed by atoms with Crippen molar-refractivity contribution in [2.24, 2.45) is 7.05 Å². The van der Waals surface area contributed by atoms with E-state index in [4.69, 9.17) is 14.2 Å². The molecule has 0 radical (unpaired) electrons. The highest BCUT2D eigenvalue weighted by Crippen LogP contribution is 2.37. The molecule has 3 aromatic heterocycles. The number of aliphatic hydroxyl groups excluding tert-OH is 1. The van der Waals surface area contributed by atoms with Crippen LogP contribution in [0, 0.1) is 6.92 Å². The Morgan fingerprint density at radius 1 is 1.09 bits per heavy atom. The molecule has 16 heteroatoms. The van der Waals surface area contributed by atoms with Crippen molar-refractivity contribution in [3.05, 3.63) is 59.8 Å². The van der Waals surface area contributed by atoms with E-state index in [1.807, 2.05) is 0 Å². The van der Waals surface area contributed by atoms with Crippen LogP contribution in [0.1, 0.15) is 21.6 Å². The Kier molecular flexibility index (Phi) is 7.63. The second-order valence-corrected chi connectivity index (χ2v) is 10.5. The first kappa shape index (κ1) is 29.4. The number of aryl methyl sites for hydroxylation is 2. The fourth-order valence-corrected chi connectivity index (χ4v) is 5.21. The van der Waals surface area contributed by atoms with E-state index in [9.17, 15) is 27.9 Å². The number of piperazine rings is 1. The molecular weight excluding hydrogens is 587 g/mol. The van der Waals surface area contributed by atoms with Gasteiger partial charge in [-0.05, 0) is 30.7 Å². The maximum atomic E-state index is 13.6. The molecule has 0 saturated carbocycles. The third-order valence-corrected chi connectivity index (χ3v) is 7.49. The fraction of sp³-hybridized carbons (Fsp3) is 0.393. The zero-order valence-electron chi connectivity index (χ0n) is 23.7. The van der Waals surface area contributed by atoms with E-state index < -0.39 is 30.2 Å². The van der Waals surface area contributed by atoms with Gasteiger partial charge in [-0.1, -0.05) is 0 Å². The monoisotopic (exact) mass is 615 g/mol. The van der Waals surface area contributed by atoms with Crippen LogP contribution >= 0.6 is 0 Å². The number of fused-ring (bicyclic) bond motifs is 1. The Morgan fingerprint density at radius 3 is 2.52 bits per heavy atom. The summed E-state index contributed by atoms with van der Waals surface area (Å²) < 4.78 is 59.7. The van der Waals surface area contributed by atoms with Gasteiger partial charge in [0.25, 0.3) is 11.8 Å². The van der Waals surface area contributed by atoms with E-state index in [2.05, 4.69) is 15.1 Å². The topological polar surface area (TPSA) is 137 Å². The van der Waals surface area contributed by atoms with Crippen molar-refractivity contribution < 1.29 is 42.1 Å². The van der Waals surface area contributed by atoms with Gasteiger partial charge in [0.15, 0.2) is 11.8 Å². The molecule has 2 fully saturated rings. The van der Waals surface area contributed by atoms with E-state index in [0.717, 1.165) is 4.68 Å². The molecule has 0 aliphatic carbocycles. The van der Waals surface area contributed by atoms with E-state index >= 15 is 0 Å². The summed E-state index contributed by atoms with van der Waals surface area (Å²) in [5, 5.41) is 13.4. The third kappa shape index (κ3) is 5.65. The average molecular weight is 616 g/mol. The summed E-state index contributed by atoms with van der Waals surface area (Å²) in [5.41, 5.74) is 0.281. The largest absolute Gasteiger partial charge is 0.441 e. The molecule has 0 unspecified atom stereocenters. The van der Waals surface area contributed by atoms with Crippen molar-refractivity contribution in [2.75, 3.05) is 39.4 Å². The maximum Gasteiger partial charge on any atom is 0.435 e. The number of imidazole rings is 1. The molecule has 5 heterocycles. The van der Waals surface area contributed by atoms with E-state index in [-0.39, 0.29) is 55.0 Å². The van der Waals surface area contributed by atoms with Gasteiger partial charge in [-0.3, -0.25) is 13.9 Å². The maximum absolute atomic E-state index is 13.6. The molecule has 2 aliphatic rings. The number of benzene rings is 1. The number of hydrogen-bond acceptors (Lipinski definition) is 9. The molecule has 4 aromatic rings. The summed E-state index contributed by atoms with van der Waals surface area (Å²) in [6.07, 6.45) is -1.32. The Bertz CT molecular complexity index is 1710. The predicted octanol–water partition coefficient (Wildman–Crippen LogP) is 2.90. The van der Waals surface area contributed by atoms with Gasteiger partial charge in [-0.15, -0.1) is 0 Å². The van der Waals surface area contributed by atoms with Crippen LogP contribution in [0.3, 0.4) is 0 Å². The first-order chi connectivity index (χ1) is 21.0. The van der Waals surface area contributed by atoms with Crippen LogP contribution in [-0.2, 0) is 22.7 Å². The molecule has 0 bridgehead atoms. The van der Waals surface area contributed by atoms with Crippen LogP contribution in [0.5, 0.6) is 11.6 Å². The summed E-state index contributed by atoms with van der Waals surface area (Å²) in [4.78, 5) is 37.4. The van der Waals surface area contributed by atoms with Gasteiger partial charge in [-0.25, -0.2) is 14.8 Å². The van der Waals surface area contributed by atoms with Crippen LogP contribution in [0.25, 0.3) is 16.9 Å². The smallest absolute Gasteiger partial charge is 0.435 e. The number of alkyl halides is 3. The Labute approximate surface area is 248 Å². The highest BCUT2D eigenvalue weighted by molar-refractivity contribution is 5.96. The summed E-state index contributed by atoms with van der Waals surface area (Å²) in [6.45, 7) is 3.18. The first-order valence-corrected chi connectivity index (χ1v) is 13.7. The Hall–Kier alpha value is -4.70. The van der Waals surface area contributed by atoms with Gasteiger partial charge < -0.3 is 29.1 Å². The van der Waals surface area contributed by atoms with Gasteiger partial charge in [0.2, 0.25) is 5.65 Å². The van der Waals surface area contributed by atoms with Crippen molar-refractivity contribution in [1.82, 2.24) is 33.9 Å². The minimum Gasteiger partial charge on any atom is -0.441 e. The molecule has 1 N–H and O–H groups in total. The lowest BCUT2D eigenvalue weighted by Crippen LogP contribution is -2.51. The number of amides is 2. The molecular formula is C28H28F3N7O6. The molecule has 2 aliphatic heterocycles. The highest BCUT2D eigenvalue weighted by atomic mass is 19.4. The molecule has 232 valence electrons. The number of ether oxygens (including phenoxy) is 3. The van der Waals surface area contributed by atoms with Crippen LogP contribution in [0.4, 0.5) is 18.0 Å². The van der Waals surface area contributed by atoms with E-state index in [1.54, 1.807) is 30.0 Å². The van der Waals surface area contributed by atoms with Crippen LogP contribution in [0.15, 0.2) is 43.0 Å². The number of carbonyl (C=O) groups is 2. The zero-order chi connectivity index (χ0) is 31.2. The summed E-state index contributed by atoms with van der Waals surface area (Å²) in [5.74, 6) is 0.207. The molecule has 2 atom stereocenters. The number of halogens is 3. The molecule has 0 spiro atoms. The fourth-order valence-electron chi connectivity index (χ4n) is 5.21. The molecule has 1 aromatic carbocycles. The SMILES string of the molecule is Cc1cc(Oc2nccn3c(-c4cn(C)nc4C(F)(F)F)cnc23)ccc1C(=O)N1CCN(C(=O)O[C@H]2COC[C@@H]2O)CC1. The number of nitrogens with zero attached hydrogens (tertiary/aromatic N) is 7. The summed E-state index contributed by atoms with van der Waals surface area (Å²) in [6, 6.07) is 4.88. The van der Waals surface area contributed by atoms with Gasteiger partial charge in [-0.2, -0.15) is 18.3 Å². The second kappa shape index (κ2) is 11.4. The minimum atomic E-state index is -4.65. The van der Waals surface area contributed by atoms with Crippen LogP contribution < -0.4 is 4.74 Å². The van der Waals surface area contributed by atoms with Gasteiger partial charge in [0.1, 0.15) is 11.9 Å². The molecule has 6 rings (SSSR count). The standard InChI is InChI=1S/C28H28F3N7O6/c1-16-11-17(3-4-18(16)26(40)36-7-9-37(10-8-36)27(41)44-22-15-42-14-21(22)39)43-25-24-33-12-20(38(24)6-5-32-25)19-13-35(2)34-23(19)28(29,30)31/h3-6,11-13,21-22,39H,7-10,14-15H2,1-2H3/t21-,22-/m0/s1. The highest BCUT2D eigenvalue weighted by Gasteiger charge is 2.38. The number of rotatable bonds is 5. The van der Waals surface area contributed by atoms with Crippen LogP contribution in [-0.4, -0.2) is 103 Å². The van der Waals surface area contributed by atoms with Crippen molar-refractivity contribution in [1.29, 1.82) is 0 Å². The minimum absolute atomic E-state index is 0.0642. The van der Waals surface area contributed by atoms with E-state index in [0.29, 0.717) is 30.0 Å². The van der Waals surface area contributed by atoms with Gasteiger partial charge in [0, 0.05) is 57.4 Å². The lowest BCUT2D eigenvalue weighted by Gasteiger charge is -2.35. The molecule has 2 amide bonds. The van der Waals surface area contributed by atoms with Gasteiger partial charge in [0.05, 0.1) is 30.7 Å². The molecule has 13 nitrogen and oxygen atoms in total. The van der Waals surface area contributed by atoms with Gasteiger partial charge >= 0.3 is 12.3 Å². The number of hydrogen-bond donors (Lipinski definition) is 1.